The monoisotopic (exact) mass is 306 g/mol. The Hall–Kier alpha value is -0.340. The van der Waals surface area contributed by atoms with E-state index in [9.17, 15) is 5.11 Å². The standard InChI is InChI=1S/C20H34O2/c1-14-7-6-11-20(5)17(22-20)13-15-10-12-19(4,21)16(9-8-14)18(15,2)3/h7,15-17,21H,6,8-13H2,1-5H3/b14-7+/t15-,16-,17-,19+,20-/m1/s1. The van der Waals surface area contributed by atoms with E-state index in [1.807, 2.05) is 0 Å². The number of allylic oxidation sites excluding steroid dienone is 2. The van der Waals surface area contributed by atoms with E-state index >= 15 is 0 Å². The van der Waals surface area contributed by atoms with Gasteiger partial charge < -0.3 is 9.84 Å². The van der Waals surface area contributed by atoms with Gasteiger partial charge in [0, 0.05) is 0 Å². The third-order valence-corrected chi connectivity index (χ3v) is 7.19. The molecular weight excluding hydrogens is 272 g/mol. The van der Waals surface area contributed by atoms with Gasteiger partial charge in [0.2, 0.25) is 0 Å². The van der Waals surface area contributed by atoms with Crippen LogP contribution in [0.25, 0.3) is 0 Å². The molecule has 1 saturated heterocycles. The van der Waals surface area contributed by atoms with Gasteiger partial charge in [-0.1, -0.05) is 25.5 Å². The van der Waals surface area contributed by atoms with E-state index < -0.39 is 5.60 Å². The number of hydrogen-bond acceptors (Lipinski definition) is 2. The molecule has 1 heterocycles. The molecule has 0 aromatic heterocycles. The summed E-state index contributed by atoms with van der Waals surface area (Å²) in [6, 6.07) is 0. The lowest BCUT2D eigenvalue weighted by Gasteiger charge is -2.53. The van der Waals surface area contributed by atoms with Gasteiger partial charge in [-0.3, -0.25) is 0 Å². The van der Waals surface area contributed by atoms with Crippen LogP contribution in [0.2, 0.25) is 0 Å². The fraction of sp³-hybridized carbons (Fsp3) is 0.900. The quantitative estimate of drug-likeness (QED) is 0.512. The molecule has 1 saturated carbocycles. The average molecular weight is 306 g/mol. The normalized spacial score (nSPS) is 50.8. The Labute approximate surface area is 136 Å². The highest BCUT2D eigenvalue weighted by Gasteiger charge is 2.56. The second-order valence-corrected chi connectivity index (χ2v) is 9.25. The van der Waals surface area contributed by atoms with Crippen LogP contribution in [0.3, 0.4) is 0 Å². The van der Waals surface area contributed by atoms with Crippen molar-refractivity contribution in [2.24, 2.45) is 17.3 Å². The van der Waals surface area contributed by atoms with Gasteiger partial charge in [0.15, 0.2) is 0 Å². The summed E-state index contributed by atoms with van der Waals surface area (Å²) >= 11 is 0. The molecule has 22 heavy (non-hydrogen) atoms. The average Bonchev–Trinajstić information content (AvgIpc) is 3.02. The molecule has 0 aromatic rings. The van der Waals surface area contributed by atoms with Crippen LogP contribution in [0.4, 0.5) is 0 Å². The van der Waals surface area contributed by atoms with Crippen LogP contribution < -0.4 is 0 Å². The van der Waals surface area contributed by atoms with Gasteiger partial charge in [0.25, 0.3) is 0 Å². The first kappa shape index (κ1) is 16.5. The molecule has 126 valence electrons. The molecule has 5 atom stereocenters. The number of rotatable bonds is 0. The minimum Gasteiger partial charge on any atom is -0.390 e. The molecule has 0 unspecified atom stereocenters. The number of ether oxygens (including phenoxy) is 1. The van der Waals surface area contributed by atoms with E-state index in [-0.39, 0.29) is 11.0 Å². The summed E-state index contributed by atoms with van der Waals surface area (Å²) in [6.45, 7) is 11.4. The zero-order chi connectivity index (χ0) is 16.2. The maximum Gasteiger partial charge on any atom is 0.0923 e. The molecule has 1 N–H and O–H groups in total. The minimum absolute atomic E-state index is 0.113. The first-order chi connectivity index (χ1) is 10.2. The predicted molar refractivity (Wildman–Crippen MR) is 90.7 cm³/mol. The second kappa shape index (κ2) is 5.34. The Bertz CT molecular complexity index is 462. The summed E-state index contributed by atoms with van der Waals surface area (Å²) in [6.07, 6.45) is 10.6. The summed E-state index contributed by atoms with van der Waals surface area (Å²) < 4.78 is 6.10. The molecule has 0 radical (unpaired) electrons. The van der Waals surface area contributed by atoms with E-state index in [1.165, 1.54) is 12.0 Å². The summed E-state index contributed by atoms with van der Waals surface area (Å²) in [5, 5.41) is 11.0. The molecule has 2 heteroatoms. The van der Waals surface area contributed by atoms with Crippen molar-refractivity contribution in [3.05, 3.63) is 11.6 Å². The summed E-state index contributed by atoms with van der Waals surface area (Å²) in [5.74, 6) is 1.06. The Balaban J connectivity index is 1.88. The number of hydrogen-bond donors (Lipinski definition) is 1. The fourth-order valence-electron chi connectivity index (χ4n) is 5.35. The Kier molecular flexibility index (Phi) is 4.01. The molecule has 3 rings (SSSR count). The van der Waals surface area contributed by atoms with Crippen LogP contribution in [0, 0.1) is 17.3 Å². The minimum atomic E-state index is -0.516. The lowest BCUT2D eigenvalue weighted by Crippen LogP contribution is -2.51. The van der Waals surface area contributed by atoms with Crippen molar-refractivity contribution < 1.29 is 9.84 Å². The Morgan fingerprint density at radius 1 is 1.14 bits per heavy atom. The number of epoxide rings is 1. The maximum absolute atomic E-state index is 11.0. The Morgan fingerprint density at radius 3 is 2.59 bits per heavy atom. The highest BCUT2D eigenvalue weighted by atomic mass is 16.6. The first-order valence-electron chi connectivity index (χ1n) is 9.21. The van der Waals surface area contributed by atoms with Gasteiger partial charge in [0.1, 0.15) is 0 Å². The van der Waals surface area contributed by atoms with E-state index in [0.717, 1.165) is 38.5 Å². The fourth-order valence-corrected chi connectivity index (χ4v) is 5.35. The SMILES string of the molecule is C/C1=C\CC[C@@]2(C)O[C@@H]2C[C@H]2CC[C@](C)(O)[C@H](CC1)C2(C)C. The van der Waals surface area contributed by atoms with Crippen molar-refractivity contribution in [1.82, 2.24) is 0 Å². The van der Waals surface area contributed by atoms with Crippen molar-refractivity contribution >= 4 is 0 Å². The first-order valence-corrected chi connectivity index (χ1v) is 9.21. The molecule has 2 nitrogen and oxygen atoms in total. The molecule has 0 aromatic carbocycles. The molecule has 0 amide bonds. The van der Waals surface area contributed by atoms with Crippen LogP contribution in [-0.4, -0.2) is 22.4 Å². The van der Waals surface area contributed by atoms with Gasteiger partial charge in [-0.25, -0.2) is 0 Å². The summed E-state index contributed by atoms with van der Waals surface area (Å²) in [4.78, 5) is 0. The molecule has 3 aliphatic rings. The number of aliphatic hydroxyl groups is 1. The molecule has 2 aliphatic carbocycles. The molecule has 2 bridgehead atoms. The zero-order valence-electron chi connectivity index (χ0n) is 15.1. The number of fused-ring (bicyclic) bond motifs is 3. The molecule has 0 spiro atoms. The zero-order valence-corrected chi connectivity index (χ0v) is 15.1. The Morgan fingerprint density at radius 2 is 1.86 bits per heavy atom. The second-order valence-electron chi connectivity index (χ2n) is 9.25. The van der Waals surface area contributed by atoms with Crippen LogP contribution >= 0.6 is 0 Å². The maximum atomic E-state index is 11.0. The van der Waals surface area contributed by atoms with Crippen LogP contribution in [-0.2, 0) is 4.74 Å². The van der Waals surface area contributed by atoms with Gasteiger partial charge in [-0.2, -0.15) is 0 Å². The van der Waals surface area contributed by atoms with Gasteiger partial charge in [0.05, 0.1) is 17.3 Å². The molecular formula is C20H34O2. The summed E-state index contributed by atoms with van der Waals surface area (Å²) in [5.41, 5.74) is 1.27. The van der Waals surface area contributed by atoms with E-state index in [0.29, 0.717) is 17.9 Å². The van der Waals surface area contributed by atoms with Gasteiger partial charge >= 0.3 is 0 Å². The van der Waals surface area contributed by atoms with Crippen molar-refractivity contribution in [2.45, 2.75) is 96.9 Å². The van der Waals surface area contributed by atoms with Crippen molar-refractivity contribution in [2.75, 3.05) is 0 Å². The smallest absolute Gasteiger partial charge is 0.0923 e. The van der Waals surface area contributed by atoms with Crippen molar-refractivity contribution in [3.8, 4) is 0 Å². The van der Waals surface area contributed by atoms with Crippen LogP contribution in [0.1, 0.15) is 79.6 Å². The predicted octanol–water partition coefficient (Wildman–Crippen LogP) is 4.86. The van der Waals surface area contributed by atoms with Gasteiger partial charge in [-0.05, 0) is 83.0 Å². The van der Waals surface area contributed by atoms with Crippen molar-refractivity contribution in [1.29, 1.82) is 0 Å². The van der Waals surface area contributed by atoms with E-state index in [4.69, 9.17) is 4.74 Å². The molecule has 2 fully saturated rings. The van der Waals surface area contributed by atoms with Gasteiger partial charge in [-0.15, -0.1) is 0 Å². The lowest BCUT2D eigenvalue weighted by molar-refractivity contribution is -0.121. The third kappa shape index (κ3) is 2.89. The van der Waals surface area contributed by atoms with Crippen LogP contribution in [0.5, 0.6) is 0 Å². The van der Waals surface area contributed by atoms with E-state index in [2.05, 4.69) is 40.7 Å². The third-order valence-electron chi connectivity index (χ3n) is 7.19. The largest absolute Gasteiger partial charge is 0.390 e. The lowest BCUT2D eigenvalue weighted by atomic mass is 9.54. The highest BCUT2D eigenvalue weighted by Crippen LogP contribution is 2.56. The summed E-state index contributed by atoms with van der Waals surface area (Å²) in [7, 11) is 0. The van der Waals surface area contributed by atoms with Crippen LogP contribution in [0.15, 0.2) is 11.6 Å². The topological polar surface area (TPSA) is 32.8 Å². The highest BCUT2D eigenvalue weighted by molar-refractivity contribution is 5.09. The van der Waals surface area contributed by atoms with Crippen molar-refractivity contribution in [3.63, 3.8) is 0 Å². The molecule has 1 aliphatic heterocycles. The van der Waals surface area contributed by atoms with E-state index in [1.54, 1.807) is 0 Å².